The van der Waals surface area contributed by atoms with Gasteiger partial charge in [-0.25, -0.2) is 0 Å². The van der Waals surface area contributed by atoms with Gasteiger partial charge in [0.25, 0.3) is 14.8 Å². The summed E-state index contributed by atoms with van der Waals surface area (Å²) in [6, 6.07) is 20.2. The predicted molar refractivity (Wildman–Crippen MR) is 154 cm³/mol. The van der Waals surface area contributed by atoms with Crippen LogP contribution in [0.4, 0.5) is 8.78 Å². The van der Waals surface area contributed by atoms with Crippen molar-refractivity contribution in [2.75, 3.05) is 26.4 Å². The SMILES string of the molecule is CCOC1C[C@H](C(F)(F)P(=S)(OCC)OCC)[C@@H](CO[Si](c2ccccc2)(c2ccccc2)C(C)(C)C)O1. The van der Waals surface area contributed by atoms with E-state index in [0.29, 0.717) is 6.61 Å². The standard InChI is InChI=1S/C28H41F2O5PSSi/c1-7-31-26-20-24(28(29,30)36(37,32-8-2)33-9-3)25(35-26)21-34-38(27(4,5)6,22-16-12-10-13-17-22)23-18-14-11-15-19-23/h10-19,24-26H,7-9,20-21H2,1-6H3/t24-,25+,26?/m0/s1. The molecule has 1 fully saturated rings. The molecule has 1 aliphatic heterocycles. The second-order valence-corrected chi connectivity index (χ2v) is 18.2. The normalized spacial score (nSPS) is 21.1. The fraction of sp³-hybridized carbons (Fsp3) is 0.571. The van der Waals surface area contributed by atoms with Crippen molar-refractivity contribution in [3.8, 4) is 0 Å². The number of rotatable bonds is 13. The Morgan fingerprint density at radius 3 is 1.82 bits per heavy atom. The summed E-state index contributed by atoms with van der Waals surface area (Å²) in [6.45, 7) is 7.99. The van der Waals surface area contributed by atoms with E-state index in [4.69, 9.17) is 34.8 Å². The maximum atomic E-state index is 16.2. The summed E-state index contributed by atoms with van der Waals surface area (Å²) < 4.78 is 62.1. The highest BCUT2D eigenvalue weighted by molar-refractivity contribution is 8.10. The summed E-state index contributed by atoms with van der Waals surface area (Å²) in [7, 11) is -2.97. The van der Waals surface area contributed by atoms with Crippen LogP contribution < -0.4 is 10.4 Å². The molecular weight excluding hydrogens is 545 g/mol. The zero-order valence-corrected chi connectivity index (χ0v) is 25.9. The molecule has 3 rings (SSSR count). The molecule has 0 aromatic heterocycles. The van der Waals surface area contributed by atoms with Gasteiger partial charge in [-0.2, -0.15) is 8.78 Å². The second kappa shape index (κ2) is 13.1. The van der Waals surface area contributed by atoms with Crippen molar-refractivity contribution in [3.63, 3.8) is 0 Å². The summed E-state index contributed by atoms with van der Waals surface area (Å²) in [4.78, 5) is 0. The highest BCUT2D eigenvalue weighted by atomic mass is 32.5. The molecule has 0 aliphatic carbocycles. The van der Waals surface area contributed by atoms with Crippen LogP contribution in [0.3, 0.4) is 0 Å². The Hall–Kier alpha value is -1.03. The molecule has 0 saturated carbocycles. The molecule has 1 aliphatic rings. The first-order valence-corrected chi connectivity index (χ1v) is 17.8. The van der Waals surface area contributed by atoms with Crippen molar-refractivity contribution in [2.45, 2.75) is 71.1 Å². The van der Waals surface area contributed by atoms with E-state index in [-0.39, 0.29) is 31.3 Å². The number of hydrogen-bond donors (Lipinski definition) is 0. The molecule has 1 heterocycles. The first kappa shape index (κ1) is 31.5. The summed E-state index contributed by atoms with van der Waals surface area (Å²) in [5, 5.41) is 1.82. The van der Waals surface area contributed by atoms with Gasteiger partial charge in [-0.05, 0) is 48.0 Å². The maximum Gasteiger partial charge on any atom is 0.326 e. The van der Waals surface area contributed by atoms with Crippen molar-refractivity contribution in [1.82, 2.24) is 0 Å². The highest BCUT2D eigenvalue weighted by Gasteiger charge is 2.61. The minimum absolute atomic E-state index is 0.0197. The van der Waals surface area contributed by atoms with Crippen molar-refractivity contribution >= 4 is 37.0 Å². The van der Waals surface area contributed by atoms with Crippen molar-refractivity contribution in [1.29, 1.82) is 0 Å². The van der Waals surface area contributed by atoms with Gasteiger partial charge in [-0.3, -0.25) is 0 Å². The van der Waals surface area contributed by atoms with Gasteiger partial charge in [-0.1, -0.05) is 81.4 Å². The average Bonchev–Trinajstić information content (AvgIpc) is 3.29. The van der Waals surface area contributed by atoms with Gasteiger partial charge in [-0.15, -0.1) is 0 Å². The molecule has 1 unspecified atom stereocenters. The minimum atomic E-state index is -3.95. The zero-order valence-electron chi connectivity index (χ0n) is 23.2. The highest BCUT2D eigenvalue weighted by Crippen LogP contribution is 2.67. The van der Waals surface area contributed by atoms with Crippen molar-refractivity contribution in [3.05, 3.63) is 60.7 Å². The van der Waals surface area contributed by atoms with Gasteiger partial charge < -0.3 is 22.9 Å². The van der Waals surface area contributed by atoms with Crippen LogP contribution in [0.2, 0.25) is 5.04 Å². The summed E-state index contributed by atoms with van der Waals surface area (Å²) in [5.41, 5.74) is -3.43. The molecule has 0 radical (unpaired) electrons. The molecule has 0 N–H and O–H groups in total. The summed E-state index contributed by atoms with van der Waals surface area (Å²) >= 11 is 5.39. The molecule has 0 bridgehead atoms. The van der Waals surface area contributed by atoms with E-state index in [1.54, 1.807) is 13.8 Å². The third-order valence-corrected chi connectivity index (χ3v) is 15.5. The van der Waals surface area contributed by atoms with Crippen LogP contribution in [0.15, 0.2) is 60.7 Å². The molecule has 2 aromatic carbocycles. The minimum Gasteiger partial charge on any atom is -0.405 e. The lowest BCUT2D eigenvalue weighted by atomic mass is 10.0. The second-order valence-electron chi connectivity index (χ2n) is 10.3. The third-order valence-electron chi connectivity index (χ3n) is 6.86. The Kier molecular flexibility index (Phi) is 10.8. The molecule has 5 nitrogen and oxygen atoms in total. The van der Waals surface area contributed by atoms with E-state index in [9.17, 15) is 0 Å². The molecule has 10 heteroatoms. The molecule has 212 valence electrons. The van der Waals surface area contributed by atoms with Gasteiger partial charge >= 0.3 is 5.66 Å². The monoisotopic (exact) mass is 586 g/mol. The molecular formula is C28H41F2O5PSSi. The lowest BCUT2D eigenvalue weighted by Gasteiger charge is -2.44. The average molecular weight is 587 g/mol. The van der Waals surface area contributed by atoms with Gasteiger partial charge in [0.15, 0.2) is 6.29 Å². The first-order chi connectivity index (χ1) is 18.0. The largest absolute Gasteiger partial charge is 0.405 e. The third kappa shape index (κ3) is 6.31. The molecule has 3 atom stereocenters. The quantitative estimate of drug-likeness (QED) is 0.203. The smallest absolute Gasteiger partial charge is 0.326 e. The van der Waals surface area contributed by atoms with E-state index in [1.807, 2.05) is 43.3 Å². The van der Waals surface area contributed by atoms with Gasteiger partial charge in [0.1, 0.15) is 0 Å². The van der Waals surface area contributed by atoms with Crippen LogP contribution in [-0.4, -0.2) is 52.8 Å². The van der Waals surface area contributed by atoms with Crippen LogP contribution in [0.1, 0.15) is 48.0 Å². The zero-order chi connectivity index (χ0) is 28.0. The maximum absolute atomic E-state index is 16.2. The topological polar surface area (TPSA) is 46.2 Å². The molecule has 38 heavy (non-hydrogen) atoms. The Morgan fingerprint density at radius 1 is 0.895 bits per heavy atom. The van der Waals surface area contributed by atoms with E-state index < -0.39 is 38.8 Å². The fourth-order valence-electron chi connectivity index (χ4n) is 5.24. The Balaban J connectivity index is 2.05. The number of alkyl halides is 2. The van der Waals surface area contributed by atoms with Crippen molar-refractivity contribution in [2.24, 2.45) is 5.92 Å². The van der Waals surface area contributed by atoms with Gasteiger partial charge in [0.05, 0.1) is 31.8 Å². The van der Waals surface area contributed by atoms with E-state index in [1.165, 1.54) is 0 Å². The summed E-state index contributed by atoms with van der Waals surface area (Å²) in [6.07, 6.45) is -1.75. The number of ether oxygens (including phenoxy) is 2. The lowest BCUT2D eigenvalue weighted by Crippen LogP contribution is -2.67. The predicted octanol–water partition coefficient (Wildman–Crippen LogP) is 6.31. The van der Waals surface area contributed by atoms with Gasteiger partial charge in [0.2, 0.25) is 0 Å². The van der Waals surface area contributed by atoms with E-state index in [2.05, 4.69) is 45.0 Å². The number of hydrogen-bond acceptors (Lipinski definition) is 6. The summed E-state index contributed by atoms with van der Waals surface area (Å²) in [5.74, 6) is -1.28. The number of halogens is 2. The fourth-order valence-corrected chi connectivity index (χ4v) is 12.6. The first-order valence-electron chi connectivity index (χ1n) is 13.3. The van der Waals surface area contributed by atoms with E-state index in [0.717, 1.165) is 10.4 Å². The molecule has 0 spiro atoms. The Morgan fingerprint density at radius 2 is 1.39 bits per heavy atom. The molecule has 2 aromatic rings. The Labute approximate surface area is 232 Å². The van der Waals surface area contributed by atoms with Crippen molar-refractivity contribution < 1.29 is 31.7 Å². The van der Waals surface area contributed by atoms with Crippen LogP contribution in [-0.2, 0) is 34.8 Å². The molecule has 0 amide bonds. The van der Waals surface area contributed by atoms with Crippen LogP contribution in [0.5, 0.6) is 0 Å². The van der Waals surface area contributed by atoms with Crippen LogP contribution in [0.25, 0.3) is 0 Å². The lowest BCUT2D eigenvalue weighted by molar-refractivity contribution is -0.140. The Bertz CT molecular complexity index is 1000. The molecule has 1 saturated heterocycles. The van der Waals surface area contributed by atoms with Crippen LogP contribution >= 0.6 is 6.49 Å². The number of benzene rings is 2. The van der Waals surface area contributed by atoms with Gasteiger partial charge in [0, 0.05) is 13.0 Å². The van der Waals surface area contributed by atoms with Crippen LogP contribution in [0, 0.1) is 5.92 Å². The van der Waals surface area contributed by atoms with E-state index >= 15 is 8.78 Å².